The number of amides is 1. The van der Waals surface area contributed by atoms with Crippen LogP contribution in [0.1, 0.15) is 11.1 Å². The van der Waals surface area contributed by atoms with Crippen LogP contribution in [0.4, 0.5) is 18.9 Å². The van der Waals surface area contributed by atoms with Gasteiger partial charge in [-0.3, -0.25) is 4.79 Å². The van der Waals surface area contributed by atoms with Crippen LogP contribution in [0.3, 0.4) is 0 Å². The van der Waals surface area contributed by atoms with Crippen LogP contribution in [0.25, 0.3) is 6.08 Å². The highest BCUT2D eigenvalue weighted by molar-refractivity contribution is 9.10. The molecule has 0 saturated carbocycles. The molecule has 0 aromatic heterocycles. The number of ether oxygens (including phenoxy) is 2. The fraction of sp³-hybridized carbons (Fsp3) is 0.150. The van der Waals surface area contributed by atoms with Gasteiger partial charge < -0.3 is 14.8 Å². The number of halogens is 4. The molecule has 6 nitrogen and oxygen atoms in total. The van der Waals surface area contributed by atoms with E-state index in [1.807, 2.05) is 0 Å². The molecule has 10 heteroatoms. The minimum Gasteiger partial charge on any atom is -0.481 e. The molecule has 2 rings (SSSR count). The SMILES string of the molecule is COC(=O)COc1ccc(Br)cc1/C=C(/C#N)C(=O)Nc1cccc(C(F)(F)F)c1. The average Bonchev–Trinajstić information content (AvgIpc) is 2.70. The van der Waals surface area contributed by atoms with Gasteiger partial charge in [0.05, 0.1) is 12.7 Å². The molecule has 0 fully saturated rings. The summed E-state index contributed by atoms with van der Waals surface area (Å²) in [6.07, 6.45) is -3.38. The highest BCUT2D eigenvalue weighted by atomic mass is 79.9. The number of anilines is 1. The van der Waals surface area contributed by atoms with Crippen molar-refractivity contribution in [2.24, 2.45) is 0 Å². The first-order chi connectivity index (χ1) is 14.1. The number of nitrogens with one attached hydrogen (secondary N) is 1. The Morgan fingerprint density at radius 2 is 1.97 bits per heavy atom. The average molecular weight is 483 g/mol. The minimum absolute atomic E-state index is 0.118. The van der Waals surface area contributed by atoms with Crippen LogP contribution in [0.2, 0.25) is 0 Å². The predicted octanol–water partition coefficient (Wildman–Crippen LogP) is 4.57. The number of rotatable bonds is 6. The van der Waals surface area contributed by atoms with Gasteiger partial charge in [-0.15, -0.1) is 0 Å². The summed E-state index contributed by atoms with van der Waals surface area (Å²) in [5.41, 5.74) is -1.14. The summed E-state index contributed by atoms with van der Waals surface area (Å²) in [4.78, 5) is 23.7. The molecule has 0 aliphatic heterocycles. The summed E-state index contributed by atoms with van der Waals surface area (Å²) in [5.74, 6) is -1.34. The third kappa shape index (κ3) is 6.35. The molecule has 0 heterocycles. The number of hydrogen-bond acceptors (Lipinski definition) is 5. The van der Waals surface area contributed by atoms with E-state index in [0.29, 0.717) is 10.0 Å². The maximum atomic E-state index is 12.8. The molecular weight excluding hydrogens is 469 g/mol. The van der Waals surface area contributed by atoms with Crippen LogP contribution >= 0.6 is 15.9 Å². The van der Waals surface area contributed by atoms with E-state index in [4.69, 9.17) is 4.74 Å². The van der Waals surface area contributed by atoms with Crippen molar-refractivity contribution in [3.63, 3.8) is 0 Å². The number of hydrogen-bond donors (Lipinski definition) is 1. The zero-order chi connectivity index (χ0) is 22.3. The van der Waals surface area contributed by atoms with Gasteiger partial charge in [-0.05, 0) is 42.5 Å². The van der Waals surface area contributed by atoms with Crippen molar-refractivity contribution in [2.45, 2.75) is 6.18 Å². The lowest BCUT2D eigenvalue weighted by molar-refractivity contribution is -0.143. The zero-order valence-corrected chi connectivity index (χ0v) is 17.0. The minimum atomic E-state index is -4.57. The van der Waals surface area contributed by atoms with Gasteiger partial charge in [0.15, 0.2) is 6.61 Å². The van der Waals surface area contributed by atoms with E-state index in [1.165, 1.54) is 25.3 Å². The Hall–Kier alpha value is -3.32. The van der Waals surface area contributed by atoms with Crippen LogP contribution in [-0.2, 0) is 20.5 Å². The Balaban J connectivity index is 2.29. The van der Waals surface area contributed by atoms with Gasteiger partial charge >= 0.3 is 12.1 Å². The smallest absolute Gasteiger partial charge is 0.416 e. The number of alkyl halides is 3. The van der Waals surface area contributed by atoms with Crippen molar-refractivity contribution in [3.8, 4) is 11.8 Å². The summed E-state index contributed by atoms with van der Waals surface area (Å²) < 4.78 is 48.9. The molecule has 0 atom stereocenters. The van der Waals surface area contributed by atoms with E-state index in [2.05, 4.69) is 26.0 Å². The fourth-order valence-electron chi connectivity index (χ4n) is 2.23. The van der Waals surface area contributed by atoms with Crippen molar-refractivity contribution in [2.75, 3.05) is 19.0 Å². The van der Waals surface area contributed by atoms with Crippen LogP contribution in [0.5, 0.6) is 5.75 Å². The lowest BCUT2D eigenvalue weighted by Crippen LogP contribution is -2.15. The Labute approximate surface area is 178 Å². The number of carbonyl (C=O) groups excluding carboxylic acids is 2. The van der Waals surface area contributed by atoms with Gasteiger partial charge in [0.2, 0.25) is 0 Å². The first-order valence-corrected chi connectivity index (χ1v) is 9.03. The largest absolute Gasteiger partial charge is 0.481 e. The van der Waals surface area contributed by atoms with E-state index in [1.54, 1.807) is 18.2 Å². The molecule has 0 spiro atoms. The monoisotopic (exact) mass is 482 g/mol. The number of methoxy groups -OCH3 is 1. The molecule has 0 saturated heterocycles. The quantitative estimate of drug-likeness (QED) is 0.370. The molecule has 156 valence electrons. The van der Waals surface area contributed by atoms with E-state index in [9.17, 15) is 28.0 Å². The fourth-order valence-corrected chi connectivity index (χ4v) is 2.61. The van der Waals surface area contributed by atoms with Gasteiger partial charge in [-0.2, -0.15) is 18.4 Å². The van der Waals surface area contributed by atoms with Crippen molar-refractivity contribution in [3.05, 3.63) is 63.6 Å². The lowest BCUT2D eigenvalue weighted by atomic mass is 10.1. The molecule has 0 bridgehead atoms. The van der Waals surface area contributed by atoms with Gasteiger partial charge in [0, 0.05) is 15.7 Å². The molecule has 2 aromatic carbocycles. The molecule has 0 radical (unpaired) electrons. The van der Waals surface area contributed by atoms with E-state index < -0.39 is 30.2 Å². The number of carbonyl (C=O) groups is 2. The molecule has 0 unspecified atom stereocenters. The Morgan fingerprint density at radius 1 is 1.23 bits per heavy atom. The molecule has 2 aromatic rings. The first kappa shape index (κ1) is 23.0. The zero-order valence-electron chi connectivity index (χ0n) is 15.4. The predicted molar refractivity (Wildman–Crippen MR) is 105 cm³/mol. The number of nitrogens with zero attached hydrogens (tertiary/aromatic N) is 1. The Kier molecular flexibility index (Phi) is 7.60. The summed E-state index contributed by atoms with van der Waals surface area (Å²) >= 11 is 3.25. The van der Waals surface area contributed by atoms with Crippen molar-refractivity contribution >= 4 is 39.6 Å². The summed E-state index contributed by atoms with van der Waals surface area (Å²) in [6, 6.07) is 10.4. The van der Waals surface area contributed by atoms with Crippen LogP contribution in [0.15, 0.2) is 52.5 Å². The molecular formula is C20H14BrF3N2O4. The van der Waals surface area contributed by atoms with Gasteiger partial charge in [0.25, 0.3) is 5.91 Å². The first-order valence-electron chi connectivity index (χ1n) is 8.23. The van der Waals surface area contributed by atoms with Crippen LogP contribution < -0.4 is 10.1 Å². The van der Waals surface area contributed by atoms with Gasteiger partial charge in [0.1, 0.15) is 17.4 Å². The lowest BCUT2D eigenvalue weighted by Gasteiger charge is -2.11. The van der Waals surface area contributed by atoms with Crippen LogP contribution in [0, 0.1) is 11.3 Å². The van der Waals surface area contributed by atoms with Crippen molar-refractivity contribution < 1.29 is 32.2 Å². The highest BCUT2D eigenvalue weighted by Gasteiger charge is 2.30. The standard InChI is InChI=1S/C20H14BrF3N2O4/c1-29-18(27)11-30-17-6-5-15(21)8-12(17)7-13(10-25)19(28)26-16-4-2-3-14(9-16)20(22,23)24/h2-9H,11H2,1H3,(H,26,28)/b13-7-. The second-order valence-corrected chi connectivity index (χ2v) is 6.67. The second-order valence-electron chi connectivity index (χ2n) is 5.75. The van der Waals surface area contributed by atoms with Gasteiger partial charge in [-0.25, -0.2) is 4.79 Å². The summed E-state index contributed by atoms with van der Waals surface area (Å²) in [5, 5.41) is 11.6. The molecule has 0 aliphatic rings. The van der Waals surface area contributed by atoms with Crippen molar-refractivity contribution in [1.82, 2.24) is 0 Å². The Morgan fingerprint density at radius 3 is 2.60 bits per heavy atom. The molecule has 0 aliphatic carbocycles. The number of benzene rings is 2. The topological polar surface area (TPSA) is 88.4 Å². The maximum absolute atomic E-state index is 12.8. The van der Waals surface area contributed by atoms with E-state index >= 15 is 0 Å². The molecule has 30 heavy (non-hydrogen) atoms. The van der Waals surface area contributed by atoms with E-state index in [0.717, 1.165) is 18.2 Å². The molecule has 1 amide bonds. The number of nitriles is 1. The molecule has 1 N–H and O–H groups in total. The van der Waals surface area contributed by atoms with E-state index in [-0.39, 0.29) is 17.0 Å². The van der Waals surface area contributed by atoms with Crippen LogP contribution in [-0.4, -0.2) is 25.6 Å². The number of esters is 1. The van der Waals surface area contributed by atoms with Crippen molar-refractivity contribution in [1.29, 1.82) is 5.26 Å². The summed E-state index contributed by atoms with van der Waals surface area (Å²) in [6.45, 7) is -0.392. The highest BCUT2D eigenvalue weighted by Crippen LogP contribution is 2.31. The maximum Gasteiger partial charge on any atom is 0.416 e. The third-order valence-electron chi connectivity index (χ3n) is 3.66. The second kappa shape index (κ2) is 9.93. The summed E-state index contributed by atoms with van der Waals surface area (Å²) in [7, 11) is 1.19. The normalized spacial score (nSPS) is 11.4. The third-order valence-corrected chi connectivity index (χ3v) is 4.15. The van der Waals surface area contributed by atoms with Gasteiger partial charge in [-0.1, -0.05) is 22.0 Å². The Bertz CT molecular complexity index is 1030.